The van der Waals surface area contributed by atoms with Crippen LogP contribution in [0.3, 0.4) is 0 Å². The van der Waals surface area contributed by atoms with Crippen LogP contribution >= 0.6 is 0 Å². The third-order valence-corrected chi connectivity index (χ3v) is 4.82. The monoisotopic (exact) mass is 270 g/mol. The predicted molar refractivity (Wildman–Crippen MR) is 81.3 cm³/mol. The molecule has 20 heavy (non-hydrogen) atoms. The maximum absolute atomic E-state index is 11.2. The number of methoxy groups -OCH3 is 1. The minimum Gasteiger partial charge on any atom is -0.496 e. The number of aryl methyl sites for hydroxylation is 2. The van der Waals surface area contributed by atoms with E-state index in [2.05, 4.69) is 19.9 Å². The van der Waals surface area contributed by atoms with Crippen LogP contribution in [0.15, 0.2) is 11.6 Å². The molecule has 2 aliphatic rings. The highest BCUT2D eigenvalue weighted by Gasteiger charge is 2.36. The molecule has 1 unspecified atom stereocenters. The van der Waals surface area contributed by atoms with E-state index in [0.29, 0.717) is 6.42 Å². The number of rotatable bonds is 3. The normalized spacial score (nSPS) is 20.6. The first-order chi connectivity index (χ1) is 9.69. The van der Waals surface area contributed by atoms with Crippen LogP contribution in [-0.2, 0) is 4.79 Å². The molecular formula is C18H22O2. The average Bonchev–Trinajstić information content (AvgIpc) is 2.75. The number of carbonyl (C=O) groups is 1. The van der Waals surface area contributed by atoms with Crippen molar-refractivity contribution in [2.45, 2.75) is 51.9 Å². The summed E-state index contributed by atoms with van der Waals surface area (Å²) in [6.45, 7) is 4.29. The zero-order valence-electron chi connectivity index (χ0n) is 12.6. The van der Waals surface area contributed by atoms with Crippen molar-refractivity contribution in [1.29, 1.82) is 0 Å². The Morgan fingerprint density at radius 1 is 1.25 bits per heavy atom. The maximum atomic E-state index is 11.2. The van der Waals surface area contributed by atoms with Gasteiger partial charge in [-0.05, 0) is 61.8 Å². The SMILES string of the molecule is COc1c(C)cc(C)c2c1C(CC=O)C1=C2CCCC1. The number of allylic oxidation sites excluding steroid dienone is 2. The average molecular weight is 270 g/mol. The van der Waals surface area contributed by atoms with E-state index in [9.17, 15) is 4.79 Å². The van der Waals surface area contributed by atoms with Crippen LogP contribution in [0.25, 0.3) is 5.57 Å². The van der Waals surface area contributed by atoms with E-state index in [1.54, 1.807) is 7.11 Å². The summed E-state index contributed by atoms with van der Waals surface area (Å²) >= 11 is 0. The maximum Gasteiger partial charge on any atom is 0.126 e. The molecule has 0 amide bonds. The van der Waals surface area contributed by atoms with Gasteiger partial charge in [0.05, 0.1) is 7.11 Å². The van der Waals surface area contributed by atoms with Crippen LogP contribution in [0.1, 0.15) is 60.3 Å². The van der Waals surface area contributed by atoms with Gasteiger partial charge < -0.3 is 9.53 Å². The highest BCUT2D eigenvalue weighted by atomic mass is 16.5. The third-order valence-electron chi connectivity index (χ3n) is 4.82. The first-order valence-electron chi connectivity index (χ1n) is 7.53. The molecule has 0 aromatic heterocycles. The zero-order chi connectivity index (χ0) is 14.3. The Kier molecular flexibility index (Phi) is 3.41. The molecule has 2 heteroatoms. The summed E-state index contributed by atoms with van der Waals surface area (Å²) in [7, 11) is 1.74. The Morgan fingerprint density at radius 2 is 2.00 bits per heavy atom. The topological polar surface area (TPSA) is 26.3 Å². The van der Waals surface area contributed by atoms with E-state index >= 15 is 0 Å². The molecule has 2 aliphatic carbocycles. The lowest BCUT2D eigenvalue weighted by Crippen LogP contribution is -2.05. The van der Waals surface area contributed by atoms with Gasteiger partial charge in [-0.3, -0.25) is 0 Å². The molecule has 0 saturated carbocycles. The summed E-state index contributed by atoms with van der Waals surface area (Å²) in [4.78, 5) is 11.2. The first-order valence-corrected chi connectivity index (χ1v) is 7.53. The number of fused-ring (bicyclic) bond motifs is 2. The van der Waals surface area contributed by atoms with Crippen LogP contribution in [0.4, 0.5) is 0 Å². The smallest absolute Gasteiger partial charge is 0.126 e. The second-order valence-corrected chi connectivity index (χ2v) is 6.00. The van der Waals surface area contributed by atoms with E-state index in [1.165, 1.54) is 46.2 Å². The van der Waals surface area contributed by atoms with E-state index < -0.39 is 0 Å². The van der Waals surface area contributed by atoms with Crippen molar-refractivity contribution in [3.63, 3.8) is 0 Å². The van der Waals surface area contributed by atoms with Gasteiger partial charge in [-0.15, -0.1) is 0 Å². The molecule has 1 aromatic carbocycles. The van der Waals surface area contributed by atoms with Crippen LogP contribution in [0.2, 0.25) is 0 Å². The van der Waals surface area contributed by atoms with Gasteiger partial charge in [-0.25, -0.2) is 0 Å². The minimum absolute atomic E-state index is 0.256. The van der Waals surface area contributed by atoms with Crippen molar-refractivity contribution in [3.8, 4) is 5.75 Å². The minimum atomic E-state index is 0.256. The summed E-state index contributed by atoms with van der Waals surface area (Å²) in [5, 5.41) is 0. The lowest BCUT2D eigenvalue weighted by atomic mass is 9.86. The van der Waals surface area contributed by atoms with Gasteiger partial charge in [0.25, 0.3) is 0 Å². The fourth-order valence-corrected chi connectivity index (χ4v) is 4.13. The van der Waals surface area contributed by atoms with Gasteiger partial charge in [-0.1, -0.05) is 11.6 Å². The Bertz CT molecular complexity index is 596. The second kappa shape index (κ2) is 5.08. The number of benzene rings is 1. The molecule has 0 bridgehead atoms. The summed E-state index contributed by atoms with van der Waals surface area (Å²) in [5.74, 6) is 1.25. The van der Waals surface area contributed by atoms with Crippen LogP contribution in [-0.4, -0.2) is 13.4 Å². The lowest BCUT2D eigenvalue weighted by Gasteiger charge is -2.19. The van der Waals surface area contributed by atoms with Crippen molar-refractivity contribution < 1.29 is 9.53 Å². The van der Waals surface area contributed by atoms with E-state index in [0.717, 1.165) is 24.9 Å². The van der Waals surface area contributed by atoms with Crippen molar-refractivity contribution in [2.24, 2.45) is 0 Å². The molecule has 1 atom stereocenters. The Hall–Kier alpha value is -1.57. The van der Waals surface area contributed by atoms with Crippen LogP contribution in [0, 0.1) is 13.8 Å². The van der Waals surface area contributed by atoms with Gasteiger partial charge in [0, 0.05) is 17.9 Å². The Labute approximate surface area is 120 Å². The molecule has 0 spiro atoms. The largest absolute Gasteiger partial charge is 0.496 e. The lowest BCUT2D eigenvalue weighted by molar-refractivity contribution is -0.108. The predicted octanol–water partition coefficient (Wildman–Crippen LogP) is 4.33. The Morgan fingerprint density at radius 3 is 2.70 bits per heavy atom. The summed E-state index contributed by atoms with van der Waals surface area (Å²) in [6, 6.07) is 2.22. The number of aldehydes is 1. The Balaban J connectivity index is 2.26. The molecular weight excluding hydrogens is 248 g/mol. The van der Waals surface area contributed by atoms with E-state index in [1.807, 2.05) is 0 Å². The fourth-order valence-electron chi connectivity index (χ4n) is 4.13. The summed E-state index contributed by atoms with van der Waals surface area (Å²) in [5.41, 5.74) is 8.19. The van der Waals surface area contributed by atoms with Crippen molar-refractivity contribution in [1.82, 2.24) is 0 Å². The molecule has 0 heterocycles. The molecule has 106 valence electrons. The molecule has 0 N–H and O–H groups in total. The highest BCUT2D eigenvalue weighted by Crippen LogP contribution is 2.54. The van der Waals surface area contributed by atoms with E-state index in [4.69, 9.17) is 4.74 Å². The number of hydrogen-bond donors (Lipinski definition) is 0. The molecule has 0 radical (unpaired) electrons. The van der Waals surface area contributed by atoms with Gasteiger partial charge in [-0.2, -0.15) is 0 Å². The van der Waals surface area contributed by atoms with Gasteiger partial charge in [0.2, 0.25) is 0 Å². The molecule has 3 rings (SSSR count). The number of ether oxygens (including phenoxy) is 1. The van der Waals surface area contributed by atoms with Gasteiger partial charge >= 0.3 is 0 Å². The van der Waals surface area contributed by atoms with Gasteiger partial charge in [0.1, 0.15) is 12.0 Å². The molecule has 2 nitrogen and oxygen atoms in total. The van der Waals surface area contributed by atoms with Crippen LogP contribution < -0.4 is 4.74 Å². The molecule has 0 aliphatic heterocycles. The van der Waals surface area contributed by atoms with Crippen molar-refractivity contribution in [2.75, 3.05) is 7.11 Å². The molecule has 1 aromatic rings. The first kappa shape index (κ1) is 13.4. The fraction of sp³-hybridized carbons (Fsp3) is 0.500. The standard InChI is InChI=1S/C18H22O2/c1-11-10-12(2)18(20-3)17-15(8-9-19)13-6-4-5-7-14(13)16(11)17/h9-10,15H,4-8H2,1-3H3. The zero-order valence-corrected chi connectivity index (χ0v) is 12.6. The quantitative estimate of drug-likeness (QED) is 0.764. The number of carbonyl (C=O) groups excluding carboxylic acids is 1. The molecule has 0 saturated heterocycles. The van der Waals surface area contributed by atoms with Crippen molar-refractivity contribution >= 4 is 11.9 Å². The van der Waals surface area contributed by atoms with Gasteiger partial charge in [0.15, 0.2) is 0 Å². The van der Waals surface area contributed by atoms with E-state index in [-0.39, 0.29) is 5.92 Å². The van der Waals surface area contributed by atoms with Crippen molar-refractivity contribution in [3.05, 3.63) is 33.9 Å². The molecule has 0 fully saturated rings. The summed E-state index contributed by atoms with van der Waals surface area (Å²) in [6.07, 6.45) is 6.47. The highest BCUT2D eigenvalue weighted by molar-refractivity contribution is 5.84. The number of hydrogen-bond acceptors (Lipinski definition) is 2. The summed E-state index contributed by atoms with van der Waals surface area (Å²) < 4.78 is 5.68. The second-order valence-electron chi connectivity index (χ2n) is 6.00. The third kappa shape index (κ3) is 1.81. The van der Waals surface area contributed by atoms with Crippen LogP contribution in [0.5, 0.6) is 5.75 Å².